The van der Waals surface area contributed by atoms with E-state index in [1.54, 1.807) is 6.07 Å². The number of ketones is 1. The molecule has 0 fully saturated rings. The Morgan fingerprint density at radius 1 is 1.31 bits per heavy atom. The van der Waals surface area contributed by atoms with Crippen molar-refractivity contribution in [2.24, 2.45) is 5.18 Å². The third-order valence-electron chi connectivity index (χ3n) is 2.40. The zero-order chi connectivity index (χ0) is 9.26. The second-order valence-electron chi connectivity index (χ2n) is 3.18. The lowest BCUT2D eigenvalue weighted by Gasteiger charge is -2.17. The quantitative estimate of drug-likeness (QED) is 0.612. The maximum absolute atomic E-state index is 11.6. The van der Waals surface area contributed by atoms with Crippen LogP contribution in [0.4, 0.5) is 0 Å². The van der Waals surface area contributed by atoms with Crippen molar-refractivity contribution < 1.29 is 4.79 Å². The molecule has 0 saturated carbocycles. The van der Waals surface area contributed by atoms with Crippen molar-refractivity contribution in [3.05, 3.63) is 40.3 Å². The number of Topliss-reactive ketones (excluding diaryl/α,β-unsaturated/α-hetero) is 1. The summed E-state index contributed by atoms with van der Waals surface area (Å²) in [5, 5.41) is 2.83. The average Bonchev–Trinajstić information content (AvgIpc) is 2.19. The lowest BCUT2D eigenvalue weighted by atomic mass is 9.88. The van der Waals surface area contributed by atoms with E-state index < -0.39 is 6.04 Å². The molecule has 2 rings (SSSR count). The Kier molecular flexibility index (Phi) is 1.93. The topological polar surface area (TPSA) is 46.5 Å². The summed E-state index contributed by atoms with van der Waals surface area (Å²) in [5.41, 5.74) is 1.70. The van der Waals surface area contributed by atoms with Crippen LogP contribution in [0.3, 0.4) is 0 Å². The van der Waals surface area contributed by atoms with Crippen LogP contribution in [0.2, 0.25) is 0 Å². The molecule has 0 saturated heterocycles. The normalized spacial score (nSPS) is 20.9. The van der Waals surface area contributed by atoms with Crippen LogP contribution in [0.25, 0.3) is 0 Å². The van der Waals surface area contributed by atoms with Gasteiger partial charge in [-0.25, -0.2) is 0 Å². The first-order valence-electron chi connectivity index (χ1n) is 4.27. The highest BCUT2D eigenvalue weighted by Gasteiger charge is 2.27. The Morgan fingerprint density at radius 3 is 2.85 bits per heavy atom. The Hall–Kier alpha value is -1.51. The summed E-state index contributed by atoms with van der Waals surface area (Å²) in [5.74, 6) is -0.128. The van der Waals surface area contributed by atoms with E-state index in [0.29, 0.717) is 12.0 Å². The zero-order valence-corrected chi connectivity index (χ0v) is 7.06. The minimum absolute atomic E-state index is 0.128. The summed E-state index contributed by atoms with van der Waals surface area (Å²) in [7, 11) is 0. The van der Waals surface area contributed by atoms with Crippen molar-refractivity contribution in [2.75, 3.05) is 0 Å². The fraction of sp³-hybridized carbons (Fsp3) is 0.300. The fourth-order valence-corrected chi connectivity index (χ4v) is 1.68. The number of fused-ring (bicyclic) bond motifs is 1. The minimum Gasteiger partial charge on any atom is -0.292 e. The van der Waals surface area contributed by atoms with Gasteiger partial charge in [-0.3, -0.25) is 4.79 Å². The molecular formula is C10H9NO2. The van der Waals surface area contributed by atoms with E-state index in [4.69, 9.17) is 0 Å². The van der Waals surface area contributed by atoms with Crippen LogP contribution in [0.5, 0.6) is 0 Å². The SMILES string of the molecule is O=NC1CCc2ccccc2C1=O. The van der Waals surface area contributed by atoms with Crippen molar-refractivity contribution in [2.45, 2.75) is 18.9 Å². The van der Waals surface area contributed by atoms with E-state index in [0.717, 1.165) is 12.0 Å². The number of nitrogens with zero attached hydrogens (tertiary/aromatic N) is 1. The Labute approximate surface area is 75.7 Å². The zero-order valence-electron chi connectivity index (χ0n) is 7.06. The molecule has 3 heteroatoms. The highest BCUT2D eigenvalue weighted by Crippen LogP contribution is 2.22. The number of rotatable bonds is 1. The van der Waals surface area contributed by atoms with Gasteiger partial charge in [-0.1, -0.05) is 29.4 Å². The van der Waals surface area contributed by atoms with Crippen molar-refractivity contribution >= 4 is 5.78 Å². The molecule has 66 valence electrons. The van der Waals surface area contributed by atoms with Gasteiger partial charge in [0, 0.05) is 5.56 Å². The fourth-order valence-electron chi connectivity index (χ4n) is 1.68. The predicted octanol–water partition coefficient (Wildman–Crippen LogP) is 1.95. The molecule has 0 aromatic heterocycles. The first-order valence-corrected chi connectivity index (χ1v) is 4.27. The predicted molar refractivity (Wildman–Crippen MR) is 48.7 cm³/mol. The molecule has 1 aliphatic carbocycles. The van der Waals surface area contributed by atoms with Gasteiger partial charge < -0.3 is 0 Å². The Morgan fingerprint density at radius 2 is 2.08 bits per heavy atom. The van der Waals surface area contributed by atoms with E-state index in [1.165, 1.54) is 0 Å². The van der Waals surface area contributed by atoms with Gasteiger partial charge in [-0.15, -0.1) is 0 Å². The van der Waals surface area contributed by atoms with Crippen LogP contribution < -0.4 is 0 Å². The van der Waals surface area contributed by atoms with Crippen LogP contribution >= 0.6 is 0 Å². The highest BCUT2D eigenvalue weighted by molar-refractivity contribution is 6.02. The smallest absolute Gasteiger partial charge is 0.191 e. The summed E-state index contributed by atoms with van der Waals surface area (Å²) in [6.45, 7) is 0. The largest absolute Gasteiger partial charge is 0.292 e. The monoisotopic (exact) mass is 175 g/mol. The van der Waals surface area contributed by atoms with Gasteiger partial charge in [0.1, 0.15) is 0 Å². The number of carbonyl (C=O) groups is 1. The number of carbonyl (C=O) groups excluding carboxylic acids is 1. The lowest BCUT2D eigenvalue weighted by molar-refractivity contribution is 0.0949. The third kappa shape index (κ3) is 1.26. The first kappa shape index (κ1) is 8.10. The van der Waals surface area contributed by atoms with Crippen molar-refractivity contribution in [1.82, 2.24) is 0 Å². The van der Waals surface area contributed by atoms with Gasteiger partial charge in [0.2, 0.25) is 0 Å². The highest BCUT2D eigenvalue weighted by atomic mass is 16.3. The number of hydrogen-bond donors (Lipinski definition) is 0. The van der Waals surface area contributed by atoms with E-state index in [2.05, 4.69) is 5.18 Å². The maximum Gasteiger partial charge on any atom is 0.191 e. The molecule has 0 radical (unpaired) electrons. The average molecular weight is 175 g/mol. The molecule has 0 bridgehead atoms. The molecule has 1 atom stereocenters. The van der Waals surface area contributed by atoms with Gasteiger partial charge in [0.05, 0.1) is 0 Å². The summed E-state index contributed by atoms with van der Waals surface area (Å²) in [4.78, 5) is 21.9. The number of nitroso groups, excluding NO2 is 1. The van der Waals surface area contributed by atoms with Gasteiger partial charge in [-0.2, -0.15) is 4.91 Å². The van der Waals surface area contributed by atoms with Crippen LogP contribution in [0, 0.1) is 4.91 Å². The maximum atomic E-state index is 11.6. The van der Waals surface area contributed by atoms with Gasteiger partial charge >= 0.3 is 0 Å². The van der Waals surface area contributed by atoms with Gasteiger partial charge in [0.25, 0.3) is 0 Å². The van der Waals surface area contributed by atoms with Crippen LogP contribution in [-0.4, -0.2) is 11.8 Å². The molecule has 3 nitrogen and oxygen atoms in total. The van der Waals surface area contributed by atoms with Crippen LogP contribution in [0.15, 0.2) is 29.4 Å². The van der Waals surface area contributed by atoms with Crippen LogP contribution in [0.1, 0.15) is 22.3 Å². The van der Waals surface area contributed by atoms with E-state index in [9.17, 15) is 9.70 Å². The molecule has 0 heterocycles. The molecule has 0 spiro atoms. The lowest BCUT2D eigenvalue weighted by Crippen LogP contribution is -2.25. The number of benzene rings is 1. The van der Waals surface area contributed by atoms with Crippen molar-refractivity contribution in [3.63, 3.8) is 0 Å². The summed E-state index contributed by atoms with van der Waals surface area (Å²) in [6.07, 6.45) is 1.33. The molecule has 0 aliphatic heterocycles. The molecule has 13 heavy (non-hydrogen) atoms. The first-order chi connectivity index (χ1) is 6.33. The van der Waals surface area contributed by atoms with Crippen molar-refractivity contribution in [3.8, 4) is 0 Å². The summed E-state index contributed by atoms with van der Waals surface area (Å²) >= 11 is 0. The summed E-state index contributed by atoms with van der Waals surface area (Å²) in [6, 6.07) is 6.74. The molecule has 1 unspecified atom stereocenters. The minimum atomic E-state index is -0.658. The number of aryl methyl sites for hydroxylation is 1. The second-order valence-corrected chi connectivity index (χ2v) is 3.18. The van der Waals surface area contributed by atoms with E-state index in [-0.39, 0.29) is 5.78 Å². The van der Waals surface area contributed by atoms with Gasteiger partial charge in [0.15, 0.2) is 11.8 Å². The second kappa shape index (κ2) is 3.09. The Balaban J connectivity index is 2.45. The molecule has 1 aromatic rings. The molecule has 0 N–H and O–H groups in total. The standard InChI is InChI=1S/C10H9NO2/c12-10-8-4-2-1-3-7(8)5-6-9(10)11-13/h1-4,9H,5-6H2. The number of hydrogen-bond acceptors (Lipinski definition) is 3. The van der Waals surface area contributed by atoms with E-state index in [1.807, 2.05) is 18.2 Å². The molecule has 1 aromatic carbocycles. The van der Waals surface area contributed by atoms with Crippen molar-refractivity contribution in [1.29, 1.82) is 0 Å². The van der Waals surface area contributed by atoms with Crippen LogP contribution in [-0.2, 0) is 6.42 Å². The molecular weight excluding hydrogens is 166 g/mol. The summed E-state index contributed by atoms with van der Waals surface area (Å²) < 4.78 is 0. The third-order valence-corrected chi connectivity index (χ3v) is 2.40. The molecule has 1 aliphatic rings. The molecule has 0 amide bonds. The van der Waals surface area contributed by atoms with Gasteiger partial charge in [-0.05, 0) is 18.4 Å². The Bertz CT molecular complexity index is 360. The van der Waals surface area contributed by atoms with E-state index >= 15 is 0 Å².